The molecular formula is C15H29N3O2. The minimum absolute atomic E-state index is 0.00554. The number of carbonyl (C=O) groups is 2. The van der Waals surface area contributed by atoms with Gasteiger partial charge in [-0.15, -0.1) is 0 Å². The molecule has 5 heteroatoms. The first-order chi connectivity index (χ1) is 9.47. The summed E-state index contributed by atoms with van der Waals surface area (Å²) in [7, 11) is 0. The Morgan fingerprint density at radius 3 is 2.25 bits per heavy atom. The lowest BCUT2D eigenvalue weighted by Crippen LogP contribution is -2.47. The highest BCUT2D eigenvalue weighted by molar-refractivity contribution is 5.87. The van der Waals surface area contributed by atoms with E-state index in [1.54, 1.807) is 11.8 Å². The van der Waals surface area contributed by atoms with Crippen LogP contribution in [0.15, 0.2) is 0 Å². The molecule has 1 unspecified atom stereocenters. The summed E-state index contributed by atoms with van der Waals surface area (Å²) in [5.41, 5.74) is 5.86. The number of rotatable bonds is 6. The lowest BCUT2D eigenvalue weighted by Gasteiger charge is -2.27. The molecule has 0 heterocycles. The minimum atomic E-state index is -0.437. The van der Waals surface area contributed by atoms with Crippen LogP contribution in [0.3, 0.4) is 0 Å². The van der Waals surface area contributed by atoms with E-state index < -0.39 is 6.04 Å². The molecule has 0 aliphatic heterocycles. The smallest absolute Gasteiger partial charge is 0.244 e. The molecule has 1 rings (SSSR count). The Balaban J connectivity index is 2.36. The van der Waals surface area contributed by atoms with Crippen molar-refractivity contribution < 1.29 is 9.59 Å². The van der Waals surface area contributed by atoms with Crippen LogP contribution in [0.1, 0.15) is 52.9 Å². The number of hydrogen-bond donors (Lipinski definition) is 2. The van der Waals surface area contributed by atoms with Crippen molar-refractivity contribution in [2.75, 3.05) is 13.1 Å². The predicted molar refractivity (Wildman–Crippen MR) is 80.1 cm³/mol. The molecule has 20 heavy (non-hydrogen) atoms. The fourth-order valence-corrected chi connectivity index (χ4v) is 2.83. The van der Waals surface area contributed by atoms with Crippen molar-refractivity contribution in [1.29, 1.82) is 0 Å². The van der Waals surface area contributed by atoms with Gasteiger partial charge in [-0.1, -0.05) is 0 Å². The van der Waals surface area contributed by atoms with Gasteiger partial charge in [0.25, 0.3) is 0 Å². The standard InChI is InChI=1S/C15H29N3O2/c1-4-18(5-2)15(20)11(3)17-14(19)10-12-6-8-13(16)9-7-12/h11-13H,4-10,16H2,1-3H3,(H,17,19). The number of carbonyl (C=O) groups excluding carboxylic acids is 2. The number of likely N-dealkylation sites (N-methyl/N-ethyl adjacent to an activating group) is 1. The fraction of sp³-hybridized carbons (Fsp3) is 0.867. The van der Waals surface area contributed by atoms with Gasteiger partial charge < -0.3 is 16.0 Å². The molecule has 1 aliphatic rings. The summed E-state index contributed by atoms with van der Waals surface area (Å²) in [6, 6.07) is -0.134. The molecule has 3 N–H and O–H groups in total. The van der Waals surface area contributed by atoms with Gasteiger partial charge in [0, 0.05) is 25.6 Å². The first-order valence-corrected chi connectivity index (χ1v) is 7.81. The molecule has 1 fully saturated rings. The van der Waals surface area contributed by atoms with E-state index in [0.717, 1.165) is 25.7 Å². The van der Waals surface area contributed by atoms with Crippen LogP contribution in [-0.4, -0.2) is 41.9 Å². The van der Waals surface area contributed by atoms with E-state index >= 15 is 0 Å². The largest absolute Gasteiger partial charge is 0.345 e. The zero-order valence-electron chi connectivity index (χ0n) is 13.0. The molecule has 0 spiro atoms. The highest BCUT2D eigenvalue weighted by Crippen LogP contribution is 2.25. The first kappa shape index (κ1) is 17.0. The Labute approximate surface area is 122 Å². The molecule has 0 aromatic carbocycles. The third-order valence-electron chi connectivity index (χ3n) is 4.19. The minimum Gasteiger partial charge on any atom is -0.345 e. The SMILES string of the molecule is CCN(CC)C(=O)C(C)NC(=O)CC1CCC(N)CC1. The van der Waals surface area contributed by atoms with E-state index in [0.29, 0.717) is 31.5 Å². The van der Waals surface area contributed by atoms with Gasteiger partial charge in [-0.3, -0.25) is 9.59 Å². The van der Waals surface area contributed by atoms with Crippen LogP contribution in [0.2, 0.25) is 0 Å². The van der Waals surface area contributed by atoms with Gasteiger partial charge in [0.15, 0.2) is 0 Å². The maximum atomic E-state index is 12.1. The summed E-state index contributed by atoms with van der Waals surface area (Å²) < 4.78 is 0. The number of amides is 2. The zero-order chi connectivity index (χ0) is 15.1. The third-order valence-corrected chi connectivity index (χ3v) is 4.19. The van der Waals surface area contributed by atoms with E-state index in [1.165, 1.54) is 0 Å². The summed E-state index contributed by atoms with van der Waals surface area (Å²) in [6.07, 6.45) is 4.57. The summed E-state index contributed by atoms with van der Waals surface area (Å²) in [5.74, 6) is 0.401. The second-order valence-electron chi connectivity index (χ2n) is 5.78. The van der Waals surface area contributed by atoms with Crippen molar-refractivity contribution in [3.63, 3.8) is 0 Å². The van der Waals surface area contributed by atoms with Gasteiger partial charge in [-0.2, -0.15) is 0 Å². The molecule has 0 aromatic rings. The Hall–Kier alpha value is -1.10. The van der Waals surface area contributed by atoms with Crippen molar-refractivity contribution in [1.82, 2.24) is 10.2 Å². The Morgan fingerprint density at radius 2 is 1.75 bits per heavy atom. The molecule has 0 aromatic heterocycles. The number of nitrogens with zero attached hydrogens (tertiary/aromatic N) is 1. The summed E-state index contributed by atoms with van der Waals surface area (Å²) in [5, 5.41) is 2.83. The molecule has 0 saturated heterocycles. The van der Waals surface area contributed by atoms with E-state index in [1.807, 2.05) is 13.8 Å². The number of hydrogen-bond acceptors (Lipinski definition) is 3. The fourth-order valence-electron chi connectivity index (χ4n) is 2.83. The average molecular weight is 283 g/mol. The van der Waals surface area contributed by atoms with Crippen LogP contribution >= 0.6 is 0 Å². The first-order valence-electron chi connectivity index (χ1n) is 7.81. The molecule has 116 valence electrons. The summed E-state index contributed by atoms with van der Waals surface area (Å²) in [4.78, 5) is 25.8. The topological polar surface area (TPSA) is 75.4 Å². The van der Waals surface area contributed by atoms with Crippen molar-refractivity contribution in [3.8, 4) is 0 Å². The van der Waals surface area contributed by atoms with Crippen molar-refractivity contribution in [3.05, 3.63) is 0 Å². The highest BCUT2D eigenvalue weighted by atomic mass is 16.2. The molecule has 2 amide bonds. The molecule has 5 nitrogen and oxygen atoms in total. The summed E-state index contributed by atoms with van der Waals surface area (Å²) in [6.45, 7) is 7.00. The van der Waals surface area contributed by atoms with Gasteiger partial charge in [0.1, 0.15) is 6.04 Å². The van der Waals surface area contributed by atoms with Gasteiger partial charge in [0.05, 0.1) is 0 Å². The maximum Gasteiger partial charge on any atom is 0.244 e. The van der Waals surface area contributed by atoms with Gasteiger partial charge in [-0.25, -0.2) is 0 Å². The van der Waals surface area contributed by atoms with Crippen molar-refractivity contribution in [2.24, 2.45) is 11.7 Å². The third kappa shape index (κ3) is 5.12. The van der Waals surface area contributed by atoms with E-state index in [9.17, 15) is 9.59 Å². The van der Waals surface area contributed by atoms with Crippen LogP contribution in [0, 0.1) is 5.92 Å². The predicted octanol–water partition coefficient (Wildman–Crippen LogP) is 1.27. The van der Waals surface area contributed by atoms with Crippen LogP contribution in [0.4, 0.5) is 0 Å². The van der Waals surface area contributed by atoms with E-state index in [2.05, 4.69) is 5.32 Å². The van der Waals surface area contributed by atoms with Crippen LogP contribution in [-0.2, 0) is 9.59 Å². The maximum absolute atomic E-state index is 12.1. The molecule has 1 atom stereocenters. The quantitative estimate of drug-likeness (QED) is 0.770. The Bertz CT molecular complexity index is 321. The summed E-state index contributed by atoms with van der Waals surface area (Å²) >= 11 is 0. The molecular weight excluding hydrogens is 254 g/mol. The van der Waals surface area contributed by atoms with Crippen molar-refractivity contribution in [2.45, 2.75) is 65.0 Å². The number of nitrogens with two attached hydrogens (primary N) is 1. The van der Waals surface area contributed by atoms with Crippen molar-refractivity contribution >= 4 is 11.8 Å². The molecule has 0 radical (unpaired) electrons. The molecule has 0 bridgehead atoms. The molecule has 1 saturated carbocycles. The van der Waals surface area contributed by atoms with Gasteiger partial charge in [-0.05, 0) is 52.4 Å². The van der Waals surface area contributed by atoms with Gasteiger partial charge >= 0.3 is 0 Å². The van der Waals surface area contributed by atoms with Crippen LogP contribution in [0.25, 0.3) is 0 Å². The molecule has 1 aliphatic carbocycles. The van der Waals surface area contributed by atoms with E-state index in [-0.39, 0.29) is 11.8 Å². The normalized spacial score (nSPS) is 24.0. The second-order valence-corrected chi connectivity index (χ2v) is 5.78. The van der Waals surface area contributed by atoms with Crippen LogP contribution in [0.5, 0.6) is 0 Å². The van der Waals surface area contributed by atoms with Gasteiger partial charge in [0.2, 0.25) is 11.8 Å². The number of nitrogens with one attached hydrogen (secondary N) is 1. The lowest BCUT2D eigenvalue weighted by molar-refractivity contribution is -0.135. The Kier molecular flexibility index (Phi) is 6.99. The Morgan fingerprint density at radius 1 is 1.20 bits per heavy atom. The average Bonchev–Trinajstić information content (AvgIpc) is 2.42. The monoisotopic (exact) mass is 283 g/mol. The van der Waals surface area contributed by atoms with Crippen LogP contribution < -0.4 is 11.1 Å². The highest BCUT2D eigenvalue weighted by Gasteiger charge is 2.24. The zero-order valence-corrected chi connectivity index (χ0v) is 13.0. The second kappa shape index (κ2) is 8.25. The lowest BCUT2D eigenvalue weighted by atomic mass is 9.84. The van der Waals surface area contributed by atoms with E-state index in [4.69, 9.17) is 5.73 Å².